The number of aliphatic hydroxyl groups excluding tert-OH is 2. The van der Waals surface area contributed by atoms with E-state index in [0.29, 0.717) is 19.8 Å². The van der Waals surface area contributed by atoms with Crippen molar-refractivity contribution in [2.75, 3.05) is 44.4 Å². The zero-order valence-corrected chi connectivity index (χ0v) is 19.4. The lowest BCUT2D eigenvalue weighted by atomic mass is 9.87. The smallest absolute Gasteiger partial charge is 0.308 e. The van der Waals surface area contributed by atoms with E-state index >= 15 is 0 Å². The van der Waals surface area contributed by atoms with Crippen molar-refractivity contribution in [2.45, 2.75) is 59.2 Å². The summed E-state index contributed by atoms with van der Waals surface area (Å²) in [4.78, 5) is 35.2. The third-order valence-electron chi connectivity index (χ3n) is 4.30. The van der Waals surface area contributed by atoms with Crippen LogP contribution in [0.1, 0.15) is 47.0 Å². The molecule has 0 aromatic heterocycles. The van der Waals surface area contributed by atoms with Gasteiger partial charge in [-0.15, -0.1) is 0 Å². The number of ether oxygens (including phenoxy) is 2. The molecule has 0 saturated heterocycles. The van der Waals surface area contributed by atoms with Crippen molar-refractivity contribution in [3.05, 3.63) is 0 Å². The van der Waals surface area contributed by atoms with E-state index < -0.39 is 17.4 Å². The van der Waals surface area contributed by atoms with Crippen LogP contribution in [0.5, 0.6) is 0 Å². The summed E-state index contributed by atoms with van der Waals surface area (Å²) in [6, 6.07) is 0. The summed E-state index contributed by atoms with van der Waals surface area (Å²) in [7, 11) is 0. The predicted octanol–water partition coefficient (Wildman–Crippen LogP) is 0.470. The second-order valence-corrected chi connectivity index (χ2v) is 8.65. The molecule has 2 unspecified atom stereocenters. The van der Waals surface area contributed by atoms with Crippen LogP contribution in [0.4, 0.5) is 0 Å². The Balaban J connectivity index is 3.89. The first-order valence-corrected chi connectivity index (χ1v) is 11.5. The fourth-order valence-electron chi connectivity index (χ4n) is 2.39. The largest absolute Gasteiger partial charge is 0.466 e. The SMILES string of the molecule is CCOC(=O)CC(CCSCCNC(=O)CCNC(=O)C(O)C(C)(C)CO)OCC. The Bertz CT molecular complexity index is 517. The molecule has 0 spiro atoms. The number of hydrogen-bond acceptors (Lipinski definition) is 8. The maximum absolute atomic E-state index is 11.8. The van der Waals surface area contributed by atoms with E-state index in [0.717, 1.165) is 17.9 Å². The summed E-state index contributed by atoms with van der Waals surface area (Å²) in [5, 5.41) is 24.3. The fourth-order valence-corrected chi connectivity index (χ4v) is 3.27. The van der Waals surface area contributed by atoms with Crippen LogP contribution in [-0.4, -0.2) is 84.6 Å². The van der Waals surface area contributed by atoms with E-state index in [-0.39, 0.29) is 44.0 Å². The molecule has 0 saturated carbocycles. The highest BCUT2D eigenvalue weighted by Crippen LogP contribution is 2.19. The van der Waals surface area contributed by atoms with Gasteiger partial charge in [-0.05, 0) is 26.0 Å². The number of nitrogens with one attached hydrogen (secondary N) is 2. The monoisotopic (exact) mass is 450 g/mol. The van der Waals surface area contributed by atoms with Gasteiger partial charge in [0.05, 0.1) is 25.7 Å². The lowest BCUT2D eigenvalue weighted by Crippen LogP contribution is -2.46. The molecule has 0 radical (unpaired) electrons. The number of rotatable bonds is 17. The topological polar surface area (TPSA) is 134 Å². The van der Waals surface area contributed by atoms with E-state index in [1.807, 2.05) is 6.92 Å². The van der Waals surface area contributed by atoms with Crippen molar-refractivity contribution in [1.82, 2.24) is 10.6 Å². The number of aliphatic hydroxyl groups is 2. The molecule has 0 heterocycles. The Labute approximate surface area is 183 Å². The molecule has 0 bridgehead atoms. The zero-order valence-electron chi connectivity index (χ0n) is 18.6. The molecule has 2 amide bonds. The van der Waals surface area contributed by atoms with Gasteiger partial charge in [0.1, 0.15) is 6.10 Å². The van der Waals surface area contributed by atoms with Gasteiger partial charge in [-0.3, -0.25) is 14.4 Å². The minimum atomic E-state index is -1.34. The number of carbonyl (C=O) groups excluding carboxylic acids is 3. The van der Waals surface area contributed by atoms with Crippen LogP contribution in [-0.2, 0) is 23.9 Å². The summed E-state index contributed by atoms with van der Waals surface area (Å²) in [5.74, 6) is 0.465. The van der Waals surface area contributed by atoms with Crippen molar-refractivity contribution in [1.29, 1.82) is 0 Å². The summed E-state index contributed by atoms with van der Waals surface area (Å²) >= 11 is 1.65. The molecule has 0 fully saturated rings. The Morgan fingerprint density at radius 2 is 1.77 bits per heavy atom. The lowest BCUT2D eigenvalue weighted by molar-refractivity contribution is -0.146. The van der Waals surface area contributed by atoms with Crippen LogP contribution < -0.4 is 10.6 Å². The van der Waals surface area contributed by atoms with E-state index in [1.54, 1.807) is 32.5 Å². The molecule has 0 aromatic rings. The first-order chi connectivity index (χ1) is 14.2. The van der Waals surface area contributed by atoms with Crippen molar-refractivity contribution in [3.8, 4) is 0 Å². The second-order valence-electron chi connectivity index (χ2n) is 7.43. The summed E-state index contributed by atoms with van der Waals surface area (Å²) in [5.41, 5.74) is -0.943. The maximum atomic E-state index is 11.8. The second kappa shape index (κ2) is 16.3. The van der Waals surface area contributed by atoms with Crippen molar-refractivity contribution >= 4 is 29.5 Å². The summed E-state index contributed by atoms with van der Waals surface area (Å²) < 4.78 is 10.5. The highest BCUT2D eigenvalue weighted by molar-refractivity contribution is 7.99. The van der Waals surface area contributed by atoms with Gasteiger partial charge in [-0.25, -0.2) is 0 Å². The van der Waals surface area contributed by atoms with Gasteiger partial charge in [0.15, 0.2) is 0 Å². The third kappa shape index (κ3) is 13.0. The average molecular weight is 451 g/mol. The minimum absolute atomic E-state index is 0.106. The molecule has 4 N–H and O–H groups in total. The first kappa shape index (κ1) is 28.6. The number of esters is 1. The standard InChI is InChI=1S/C20H38N2O7S/c1-5-28-15(13-17(25)29-6-2)8-11-30-12-10-21-16(24)7-9-22-19(27)18(26)20(3,4)14-23/h15,18,23,26H,5-14H2,1-4H3,(H,21,24)(H,22,27). The minimum Gasteiger partial charge on any atom is -0.466 e. The third-order valence-corrected chi connectivity index (χ3v) is 5.32. The molecule has 30 heavy (non-hydrogen) atoms. The highest BCUT2D eigenvalue weighted by Gasteiger charge is 2.32. The molecule has 176 valence electrons. The van der Waals surface area contributed by atoms with Gasteiger partial charge in [0.2, 0.25) is 11.8 Å². The summed E-state index contributed by atoms with van der Waals surface area (Å²) in [6.07, 6.45) is -0.426. The number of hydrogen-bond donors (Lipinski definition) is 4. The molecule has 0 aliphatic carbocycles. The van der Waals surface area contributed by atoms with Gasteiger partial charge in [0.25, 0.3) is 0 Å². The number of carbonyl (C=O) groups is 3. The van der Waals surface area contributed by atoms with E-state index in [4.69, 9.17) is 14.6 Å². The Hall–Kier alpha value is -1.36. The van der Waals surface area contributed by atoms with Gasteiger partial charge in [-0.1, -0.05) is 13.8 Å². The molecule has 10 heteroatoms. The van der Waals surface area contributed by atoms with E-state index in [2.05, 4.69) is 10.6 Å². The van der Waals surface area contributed by atoms with E-state index in [9.17, 15) is 19.5 Å². The lowest BCUT2D eigenvalue weighted by Gasteiger charge is -2.27. The molecule has 0 rings (SSSR count). The van der Waals surface area contributed by atoms with E-state index in [1.165, 1.54) is 0 Å². The number of thioether (sulfide) groups is 1. The molecule has 2 atom stereocenters. The van der Waals surface area contributed by atoms with Crippen LogP contribution in [0.15, 0.2) is 0 Å². The predicted molar refractivity (Wildman–Crippen MR) is 116 cm³/mol. The fraction of sp³-hybridized carbons (Fsp3) is 0.850. The summed E-state index contributed by atoms with van der Waals surface area (Å²) in [6.45, 7) is 7.99. The first-order valence-electron chi connectivity index (χ1n) is 10.4. The normalized spacial score (nSPS) is 13.4. The Kier molecular flexibility index (Phi) is 15.6. The van der Waals surface area contributed by atoms with Gasteiger partial charge < -0.3 is 30.3 Å². The van der Waals surface area contributed by atoms with Gasteiger partial charge >= 0.3 is 5.97 Å². The van der Waals surface area contributed by atoms with Crippen LogP contribution in [0.2, 0.25) is 0 Å². The highest BCUT2D eigenvalue weighted by atomic mass is 32.2. The van der Waals surface area contributed by atoms with Crippen LogP contribution >= 0.6 is 11.8 Å². The van der Waals surface area contributed by atoms with Crippen LogP contribution in [0.3, 0.4) is 0 Å². The van der Waals surface area contributed by atoms with Crippen LogP contribution in [0, 0.1) is 5.41 Å². The molecular weight excluding hydrogens is 412 g/mol. The molecule has 0 aliphatic heterocycles. The van der Waals surface area contributed by atoms with Crippen molar-refractivity contribution in [3.63, 3.8) is 0 Å². The van der Waals surface area contributed by atoms with Gasteiger partial charge in [-0.2, -0.15) is 11.8 Å². The molecule has 9 nitrogen and oxygen atoms in total. The zero-order chi connectivity index (χ0) is 23.0. The molecule has 0 aromatic carbocycles. The Morgan fingerprint density at radius 1 is 1.07 bits per heavy atom. The maximum Gasteiger partial charge on any atom is 0.308 e. The van der Waals surface area contributed by atoms with Crippen molar-refractivity contribution < 1.29 is 34.1 Å². The molecule has 0 aliphatic rings. The van der Waals surface area contributed by atoms with Gasteiger partial charge in [0, 0.05) is 37.3 Å². The molecular formula is C20H38N2O7S. The Morgan fingerprint density at radius 3 is 2.37 bits per heavy atom. The van der Waals surface area contributed by atoms with Crippen LogP contribution in [0.25, 0.3) is 0 Å². The van der Waals surface area contributed by atoms with Crippen molar-refractivity contribution in [2.24, 2.45) is 5.41 Å². The average Bonchev–Trinajstić information content (AvgIpc) is 2.70. The number of amides is 2. The quantitative estimate of drug-likeness (QED) is 0.186.